The van der Waals surface area contributed by atoms with Crippen LogP contribution in [0.1, 0.15) is 11.4 Å². The summed E-state index contributed by atoms with van der Waals surface area (Å²) in [5, 5.41) is 0. The van der Waals surface area contributed by atoms with E-state index in [0.29, 0.717) is 5.82 Å². The second-order valence-corrected chi connectivity index (χ2v) is 4.34. The molecule has 0 unspecified atom stereocenters. The lowest BCUT2D eigenvalue weighted by Crippen LogP contribution is -2.02. The number of rotatable bonds is 2. The van der Waals surface area contributed by atoms with Gasteiger partial charge in [0.2, 0.25) is 0 Å². The Labute approximate surface area is 102 Å². The number of aromatic nitrogens is 2. The van der Waals surface area contributed by atoms with E-state index in [0.717, 1.165) is 15.8 Å². The van der Waals surface area contributed by atoms with Crippen molar-refractivity contribution in [2.45, 2.75) is 6.42 Å². The predicted octanol–water partition coefficient (Wildman–Crippen LogP) is 2.25. The van der Waals surface area contributed by atoms with E-state index in [9.17, 15) is 0 Å². The molecular formula is C11H10IN3. The molecule has 0 spiro atoms. The highest BCUT2D eigenvalue weighted by Crippen LogP contribution is 2.12. The van der Waals surface area contributed by atoms with Crippen molar-refractivity contribution >= 4 is 28.4 Å². The molecule has 3 nitrogen and oxygen atoms in total. The van der Waals surface area contributed by atoms with Crippen LogP contribution in [-0.2, 0) is 6.42 Å². The number of nitrogens with two attached hydrogens (primary N) is 1. The minimum Gasteiger partial charge on any atom is -0.383 e. The van der Waals surface area contributed by atoms with E-state index in [-0.39, 0.29) is 0 Å². The molecule has 1 aromatic carbocycles. The zero-order valence-electron chi connectivity index (χ0n) is 8.02. The van der Waals surface area contributed by atoms with Crippen molar-refractivity contribution in [3.63, 3.8) is 0 Å². The van der Waals surface area contributed by atoms with Crippen molar-refractivity contribution in [1.29, 1.82) is 0 Å². The number of hydrogen-bond donors (Lipinski definition) is 1. The summed E-state index contributed by atoms with van der Waals surface area (Å²) >= 11 is 2.12. The molecule has 1 aromatic heterocycles. The van der Waals surface area contributed by atoms with E-state index < -0.39 is 0 Å². The van der Waals surface area contributed by atoms with Gasteiger partial charge in [-0.05, 0) is 28.2 Å². The highest BCUT2D eigenvalue weighted by molar-refractivity contribution is 14.1. The molecule has 76 valence electrons. The van der Waals surface area contributed by atoms with Gasteiger partial charge in [0.1, 0.15) is 11.6 Å². The SMILES string of the molecule is Nc1nc(Cc2ccccc2)ncc1I. The summed E-state index contributed by atoms with van der Waals surface area (Å²) in [5.74, 6) is 1.32. The first-order valence-corrected chi connectivity index (χ1v) is 5.64. The first-order chi connectivity index (χ1) is 7.25. The standard InChI is InChI=1S/C11H10IN3/c12-9-7-14-10(15-11(9)13)6-8-4-2-1-3-5-8/h1-5,7H,6H2,(H2,13,14,15). The maximum Gasteiger partial charge on any atom is 0.140 e. The molecule has 0 aliphatic heterocycles. The average molecular weight is 311 g/mol. The van der Waals surface area contributed by atoms with E-state index in [1.54, 1.807) is 6.20 Å². The Morgan fingerprint density at radius 3 is 2.60 bits per heavy atom. The van der Waals surface area contributed by atoms with Gasteiger partial charge in [-0.15, -0.1) is 0 Å². The Bertz CT molecular complexity index is 457. The van der Waals surface area contributed by atoms with Gasteiger partial charge in [-0.25, -0.2) is 9.97 Å². The third kappa shape index (κ3) is 2.65. The number of halogens is 1. The third-order valence-corrected chi connectivity index (χ3v) is 2.86. The van der Waals surface area contributed by atoms with Crippen LogP contribution in [0, 0.1) is 3.57 Å². The van der Waals surface area contributed by atoms with Crippen LogP contribution in [0.3, 0.4) is 0 Å². The zero-order valence-corrected chi connectivity index (χ0v) is 10.2. The van der Waals surface area contributed by atoms with Gasteiger partial charge in [-0.1, -0.05) is 30.3 Å². The molecule has 4 heteroatoms. The highest BCUT2D eigenvalue weighted by atomic mass is 127. The van der Waals surface area contributed by atoms with Gasteiger partial charge in [0.05, 0.1) is 3.57 Å². The third-order valence-electron chi connectivity index (χ3n) is 2.03. The maximum atomic E-state index is 5.72. The fourth-order valence-electron chi connectivity index (χ4n) is 1.28. The molecule has 0 radical (unpaired) electrons. The van der Waals surface area contributed by atoms with Crippen LogP contribution in [0.25, 0.3) is 0 Å². The first-order valence-electron chi connectivity index (χ1n) is 4.56. The topological polar surface area (TPSA) is 51.8 Å². The Kier molecular flexibility index (Phi) is 3.15. The Morgan fingerprint density at radius 2 is 1.93 bits per heavy atom. The lowest BCUT2D eigenvalue weighted by Gasteiger charge is -2.02. The molecule has 0 bridgehead atoms. The smallest absolute Gasteiger partial charge is 0.140 e. The number of hydrogen-bond acceptors (Lipinski definition) is 3. The van der Waals surface area contributed by atoms with Gasteiger partial charge in [-0.2, -0.15) is 0 Å². The van der Waals surface area contributed by atoms with Gasteiger partial charge in [0, 0.05) is 12.6 Å². The van der Waals surface area contributed by atoms with Crippen LogP contribution in [0.15, 0.2) is 36.5 Å². The van der Waals surface area contributed by atoms with E-state index in [2.05, 4.69) is 44.7 Å². The lowest BCUT2D eigenvalue weighted by molar-refractivity contribution is 0.968. The van der Waals surface area contributed by atoms with Crippen molar-refractivity contribution in [1.82, 2.24) is 9.97 Å². The lowest BCUT2D eigenvalue weighted by atomic mass is 10.1. The van der Waals surface area contributed by atoms with Crippen LogP contribution in [0.4, 0.5) is 5.82 Å². The predicted molar refractivity (Wildman–Crippen MR) is 68.4 cm³/mol. The molecule has 0 atom stereocenters. The van der Waals surface area contributed by atoms with Gasteiger partial charge < -0.3 is 5.73 Å². The molecule has 2 aromatic rings. The molecule has 0 aliphatic carbocycles. The molecule has 2 N–H and O–H groups in total. The van der Waals surface area contributed by atoms with Crippen LogP contribution in [0.2, 0.25) is 0 Å². The highest BCUT2D eigenvalue weighted by Gasteiger charge is 2.02. The molecule has 15 heavy (non-hydrogen) atoms. The van der Waals surface area contributed by atoms with Gasteiger partial charge >= 0.3 is 0 Å². The molecule has 0 saturated heterocycles. The quantitative estimate of drug-likeness (QED) is 0.866. The number of nitrogens with zero attached hydrogens (tertiary/aromatic N) is 2. The summed E-state index contributed by atoms with van der Waals surface area (Å²) in [7, 11) is 0. The largest absolute Gasteiger partial charge is 0.383 e. The fourth-order valence-corrected chi connectivity index (χ4v) is 1.54. The summed E-state index contributed by atoms with van der Waals surface area (Å²) in [6, 6.07) is 10.1. The van der Waals surface area contributed by atoms with E-state index in [4.69, 9.17) is 5.73 Å². The fraction of sp³-hybridized carbons (Fsp3) is 0.0909. The van der Waals surface area contributed by atoms with Crippen LogP contribution >= 0.6 is 22.6 Å². The monoisotopic (exact) mass is 311 g/mol. The molecular weight excluding hydrogens is 301 g/mol. The molecule has 0 aliphatic rings. The minimum atomic E-state index is 0.552. The number of benzene rings is 1. The molecule has 0 fully saturated rings. The average Bonchev–Trinajstić information content (AvgIpc) is 2.25. The Balaban J connectivity index is 2.22. The van der Waals surface area contributed by atoms with E-state index in [1.807, 2.05) is 18.2 Å². The van der Waals surface area contributed by atoms with Crippen molar-refractivity contribution < 1.29 is 0 Å². The number of anilines is 1. The molecule has 0 amide bonds. The van der Waals surface area contributed by atoms with Crippen LogP contribution in [-0.4, -0.2) is 9.97 Å². The van der Waals surface area contributed by atoms with Gasteiger partial charge in [-0.3, -0.25) is 0 Å². The minimum absolute atomic E-state index is 0.552. The molecule has 0 saturated carbocycles. The number of nitrogen functional groups attached to an aromatic ring is 1. The van der Waals surface area contributed by atoms with Crippen molar-refractivity contribution in [3.8, 4) is 0 Å². The first kappa shape index (κ1) is 10.4. The van der Waals surface area contributed by atoms with Crippen LogP contribution < -0.4 is 5.73 Å². The maximum absolute atomic E-state index is 5.72. The van der Waals surface area contributed by atoms with E-state index in [1.165, 1.54) is 5.56 Å². The summed E-state index contributed by atoms with van der Waals surface area (Å²) < 4.78 is 0.893. The second-order valence-electron chi connectivity index (χ2n) is 3.18. The van der Waals surface area contributed by atoms with Crippen LogP contribution in [0.5, 0.6) is 0 Å². The normalized spacial score (nSPS) is 10.2. The summed E-state index contributed by atoms with van der Waals surface area (Å²) in [6.07, 6.45) is 2.48. The summed E-state index contributed by atoms with van der Waals surface area (Å²) in [6.45, 7) is 0. The van der Waals surface area contributed by atoms with Gasteiger partial charge in [0.25, 0.3) is 0 Å². The molecule has 2 rings (SSSR count). The van der Waals surface area contributed by atoms with Crippen molar-refractivity contribution in [2.24, 2.45) is 0 Å². The van der Waals surface area contributed by atoms with Crippen molar-refractivity contribution in [2.75, 3.05) is 5.73 Å². The molecule has 1 heterocycles. The summed E-state index contributed by atoms with van der Waals surface area (Å²) in [5.41, 5.74) is 6.91. The second kappa shape index (κ2) is 4.57. The summed E-state index contributed by atoms with van der Waals surface area (Å²) in [4.78, 5) is 8.46. The zero-order chi connectivity index (χ0) is 10.7. The Morgan fingerprint density at radius 1 is 1.20 bits per heavy atom. The van der Waals surface area contributed by atoms with E-state index >= 15 is 0 Å². The Hall–Kier alpha value is -1.17. The van der Waals surface area contributed by atoms with Crippen molar-refractivity contribution in [3.05, 3.63) is 51.5 Å². The van der Waals surface area contributed by atoms with Gasteiger partial charge in [0.15, 0.2) is 0 Å².